The van der Waals surface area contributed by atoms with Crippen molar-refractivity contribution in [1.82, 2.24) is 20.1 Å². The van der Waals surface area contributed by atoms with Crippen LogP contribution in [0.25, 0.3) is 0 Å². The summed E-state index contributed by atoms with van der Waals surface area (Å²) in [5.74, 6) is 1.46. The number of fused-ring (bicyclic) bond motifs is 1. The van der Waals surface area contributed by atoms with Crippen LogP contribution in [0.2, 0.25) is 0 Å². The van der Waals surface area contributed by atoms with Crippen molar-refractivity contribution in [2.75, 3.05) is 34.0 Å². The molecule has 2 heterocycles. The van der Waals surface area contributed by atoms with Crippen LogP contribution in [0.3, 0.4) is 0 Å². The second-order valence-electron chi connectivity index (χ2n) is 6.43. The summed E-state index contributed by atoms with van der Waals surface area (Å²) in [6.07, 6.45) is 3.52. The van der Waals surface area contributed by atoms with E-state index in [-0.39, 0.29) is 12.8 Å². The lowest BCUT2D eigenvalue weighted by atomic mass is 10.2. The Morgan fingerprint density at radius 3 is 2.77 bits per heavy atom. The molecule has 1 aromatic carbocycles. The first-order valence-corrected chi connectivity index (χ1v) is 8.57. The highest BCUT2D eigenvalue weighted by atomic mass is 16.7. The first-order chi connectivity index (χ1) is 12.6. The van der Waals surface area contributed by atoms with Gasteiger partial charge in [-0.05, 0) is 43.4 Å². The minimum absolute atomic E-state index is 0.103. The van der Waals surface area contributed by atoms with Gasteiger partial charge in [0.2, 0.25) is 6.79 Å². The van der Waals surface area contributed by atoms with E-state index in [1.54, 1.807) is 17.3 Å². The van der Waals surface area contributed by atoms with Crippen LogP contribution < -0.4 is 14.8 Å². The summed E-state index contributed by atoms with van der Waals surface area (Å²) in [5, 5.41) is 2.99. The molecule has 1 N–H and O–H groups in total. The molecule has 0 radical (unpaired) electrons. The summed E-state index contributed by atoms with van der Waals surface area (Å²) >= 11 is 0. The third-order valence-electron chi connectivity index (χ3n) is 4.08. The van der Waals surface area contributed by atoms with Crippen LogP contribution in [0, 0.1) is 0 Å². The van der Waals surface area contributed by atoms with Gasteiger partial charge in [0.05, 0.1) is 0 Å². The van der Waals surface area contributed by atoms with E-state index in [2.05, 4.69) is 15.2 Å². The lowest BCUT2D eigenvalue weighted by molar-refractivity contribution is 0.174. The molecule has 0 saturated carbocycles. The van der Waals surface area contributed by atoms with E-state index in [1.165, 1.54) is 0 Å². The molecule has 0 aliphatic carbocycles. The minimum atomic E-state index is -0.103. The molecule has 26 heavy (non-hydrogen) atoms. The summed E-state index contributed by atoms with van der Waals surface area (Å²) in [7, 11) is 3.99. The number of carbonyl (C=O) groups is 1. The fourth-order valence-corrected chi connectivity index (χ4v) is 2.63. The molecule has 0 unspecified atom stereocenters. The van der Waals surface area contributed by atoms with Crippen molar-refractivity contribution in [3.8, 4) is 11.5 Å². The number of ether oxygens (including phenoxy) is 2. The molecule has 3 rings (SSSR count). The number of aromatic nitrogens is 1. The van der Waals surface area contributed by atoms with Gasteiger partial charge in [0.15, 0.2) is 11.5 Å². The maximum Gasteiger partial charge on any atom is 0.318 e. The van der Waals surface area contributed by atoms with Crippen molar-refractivity contribution in [2.45, 2.75) is 13.1 Å². The number of hydrogen-bond donors (Lipinski definition) is 1. The molecule has 0 saturated heterocycles. The fourth-order valence-electron chi connectivity index (χ4n) is 2.63. The second kappa shape index (κ2) is 8.53. The quantitative estimate of drug-likeness (QED) is 0.823. The summed E-state index contributed by atoms with van der Waals surface area (Å²) in [4.78, 5) is 20.7. The number of nitrogens with one attached hydrogen (secondary N) is 1. The Hall–Kier alpha value is -2.80. The predicted molar refractivity (Wildman–Crippen MR) is 98.0 cm³/mol. The number of amides is 2. The molecule has 1 aliphatic heterocycles. The van der Waals surface area contributed by atoms with Crippen molar-refractivity contribution < 1.29 is 14.3 Å². The van der Waals surface area contributed by atoms with Gasteiger partial charge in [0.25, 0.3) is 0 Å². The van der Waals surface area contributed by atoms with Crippen LogP contribution >= 0.6 is 0 Å². The second-order valence-corrected chi connectivity index (χ2v) is 6.43. The smallest absolute Gasteiger partial charge is 0.318 e. The number of pyridine rings is 1. The summed E-state index contributed by atoms with van der Waals surface area (Å²) < 4.78 is 10.7. The monoisotopic (exact) mass is 356 g/mol. The van der Waals surface area contributed by atoms with Crippen LogP contribution in [0.1, 0.15) is 11.1 Å². The molecule has 2 aromatic rings. The van der Waals surface area contributed by atoms with E-state index in [0.29, 0.717) is 19.6 Å². The molecule has 0 bridgehead atoms. The van der Waals surface area contributed by atoms with Gasteiger partial charge in [-0.2, -0.15) is 0 Å². The Labute approximate surface area is 153 Å². The number of carbonyl (C=O) groups excluding carboxylic acids is 1. The van der Waals surface area contributed by atoms with E-state index in [4.69, 9.17) is 9.47 Å². The number of hydrogen-bond acceptors (Lipinski definition) is 5. The minimum Gasteiger partial charge on any atom is -0.454 e. The van der Waals surface area contributed by atoms with Gasteiger partial charge in [0, 0.05) is 38.6 Å². The number of rotatable bonds is 7. The van der Waals surface area contributed by atoms with Gasteiger partial charge in [-0.25, -0.2) is 4.79 Å². The zero-order chi connectivity index (χ0) is 18.4. The van der Waals surface area contributed by atoms with Crippen LogP contribution in [0.5, 0.6) is 11.5 Å². The van der Waals surface area contributed by atoms with Gasteiger partial charge in [-0.3, -0.25) is 4.98 Å². The van der Waals surface area contributed by atoms with Gasteiger partial charge < -0.3 is 24.6 Å². The number of likely N-dealkylation sites (N-methyl/N-ethyl adjacent to an activating group) is 1. The SMILES string of the molecule is CN(C)CCN(Cc1cccnc1)C(=O)NCc1ccc2c(c1)OCO2. The highest BCUT2D eigenvalue weighted by molar-refractivity contribution is 5.74. The lowest BCUT2D eigenvalue weighted by Crippen LogP contribution is -2.42. The molecule has 138 valence electrons. The highest BCUT2D eigenvalue weighted by Crippen LogP contribution is 2.32. The van der Waals surface area contributed by atoms with Crippen molar-refractivity contribution in [3.05, 3.63) is 53.9 Å². The average molecular weight is 356 g/mol. The van der Waals surface area contributed by atoms with Crippen LogP contribution in [-0.2, 0) is 13.1 Å². The average Bonchev–Trinajstić information content (AvgIpc) is 3.11. The molecule has 1 aromatic heterocycles. The normalized spacial score (nSPS) is 12.3. The van der Waals surface area contributed by atoms with E-state index >= 15 is 0 Å². The highest BCUT2D eigenvalue weighted by Gasteiger charge is 2.16. The summed E-state index contributed by atoms with van der Waals surface area (Å²) in [6, 6.07) is 9.44. The lowest BCUT2D eigenvalue weighted by Gasteiger charge is -2.25. The fraction of sp³-hybridized carbons (Fsp3) is 0.368. The zero-order valence-corrected chi connectivity index (χ0v) is 15.1. The van der Waals surface area contributed by atoms with E-state index in [1.807, 2.05) is 44.4 Å². The molecule has 1 aliphatic rings. The van der Waals surface area contributed by atoms with Gasteiger partial charge in [-0.1, -0.05) is 12.1 Å². The first-order valence-electron chi connectivity index (χ1n) is 8.57. The van der Waals surface area contributed by atoms with Gasteiger partial charge >= 0.3 is 6.03 Å². The standard InChI is InChI=1S/C19H24N4O3/c1-22(2)8-9-23(13-16-4-3-7-20-11-16)19(24)21-12-15-5-6-17-18(10-15)26-14-25-17/h3-7,10-11H,8-9,12-14H2,1-2H3,(H,21,24). The van der Waals surface area contributed by atoms with Crippen molar-refractivity contribution in [2.24, 2.45) is 0 Å². The molecular weight excluding hydrogens is 332 g/mol. The topological polar surface area (TPSA) is 66.9 Å². The summed E-state index contributed by atoms with van der Waals surface area (Å²) in [6.45, 7) is 2.62. The van der Waals surface area contributed by atoms with Gasteiger partial charge in [0.1, 0.15) is 0 Å². The van der Waals surface area contributed by atoms with Crippen LogP contribution in [0.4, 0.5) is 4.79 Å². The maximum absolute atomic E-state index is 12.7. The Morgan fingerprint density at radius 2 is 2.00 bits per heavy atom. The summed E-state index contributed by atoms with van der Waals surface area (Å²) in [5.41, 5.74) is 1.97. The number of benzene rings is 1. The van der Waals surface area contributed by atoms with E-state index < -0.39 is 0 Å². The Balaban J connectivity index is 1.60. The van der Waals surface area contributed by atoms with Crippen LogP contribution in [-0.4, -0.2) is 54.8 Å². The van der Waals surface area contributed by atoms with Crippen molar-refractivity contribution in [1.29, 1.82) is 0 Å². The van der Waals surface area contributed by atoms with Gasteiger partial charge in [-0.15, -0.1) is 0 Å². The molecule has 0 fully saturated rings. The molecule has 7 heteroatoms. The maximum atomic E-state index is 12.7. The first kappa shape index (κ1) is 18.0. The van der Waals surface area contributed by atoms with E-state index in [0.717, 1.165) is 29.2 Å². The Bertz CT molecular complexity index is 737. The number of nitrogens with zero attached hydrogens (tertiary/aromatic N) is 3. The van der Waals surface area contributed by atoms with Crippen LogP contribution in [0.15, 0.2) is 42.7 Å². The zero-order valence-electron chi connectivity index (χ0n) is 15.1. The molecule has 0 atom stereocenters. The Kier molecular flexibility index (Phi) is 5.91. The van der Waals surface area contributed by atoms with E-state index in [9.17, 15) is 4.79 Å². The molecule has 0 spiro atoms. The van der Waals surface area contributed by atoms with Crippen molar-refractivity contribution >= 4 is 6.03 Å². The largest absolute Gasteiger partial charge is 0.454 e. The third-order valence-corrected chi connectivity index (χ3v) is 4.08. The number of urea groups is 1. The molecular formula is C19H24N4O3. The predicted octanol–water partition coefficient (Wildman–Crippen LogP) is 2.08. The molecule has 2 amide bonds. The Morgan fingerprint density at radius 1 is 1.15 bits per heavy atom. The molecule has 7 nitrogen and oxygen atoms in total. The third kappa shape index (κ3) is 4.86. The van der Waals surface area contributed by atoms with Crippen molar-refractivity contribution in [3.63, 3.8) is 0 Å².